The Bertz CT molecular complexity index is 1300. The fraction of sp³-hybridized carbons (Fsp3) is 0.310. The molecule has 1 fully saturated rings. The lowest BCUT2D eigenvalue weighted by Crippen LogP contribution is -2.27. The van der Waals surface area contributed by atoms with Gasteiger partial charge in [-0.2, -0.15) is 0 Å². The Balaban J connectivity index is 1.41. The minimum Gasteiger partial charge on any atom is -0.454 e. The Morgan fingerprint density at radius 1 is 0.972 bits per heavy atom. The van der Waals surface area contributed by atoms with Crippen molar-refractivity contribution in [3.63, 3.8) is 0 Å². The van der Waals surface area contributed by atoms with E-state index in [0.717, 1.165) is 40.8 Å². The van der Waals surface area contributed by atoms with E-state index in [1.165, 1.54) is 0 Å². The maximum Gasteiger partial charge on any atom is 0.253 e. The first-order valence-corrected chi connectivity index (χ1v) is 12.2. The van der Waals surface area contributed by atoms with E-state index in [0.29, 0.717) is 30.3 Å². The number of carbonyl (C=O) groups is 2. The van der Waals surface area contributed by atoms with Crippen LogP contribution in [0, 0.1) is 0 Å². The van der Waals surface area contributed by atoms with Crippen molar-refractivity contribution in [1.82, 2.24) is 4.90 Å². The zero-order valence-electron chi connectivity index (χ0n) is 20.8. The highest BCUT2D eigenvalue weighted by atomic mass is 16.7. The number of ether oxygens (including phenoxy) is 3. The van der Waals surface area contributed by atoms with E-state index in [1.54, 1.807) is 19.0 Å². The largest absolute Gasteiger partial charge is 0.454 e. The number of hydrogen-bond donors (Lipinski definition) is 1. The summed E-state index contributed by atoms with van der Waals surface area (Å²) in [6, 6.07) is 19.1. The van der Waals surface area contributed by atoms with Crippen LogP contribution in [0.4, 0.5) is 5.69 Å². The minimum atomic E-state index is -0.556. The lowest BCUT2D eigenvalue weighted by atomic mass is 9.94. The number of amides is 2. The summed E-state index contributed by atoms with van der Waals surface area (Å²) >= 11 is 0. The number of carbonyl (C=O) groups excluding carboxylic acids is 2. The van der Waals surface area contributed by atoms with E-state index in [1.807, 2.05) is 67.6 Å². The Labute approximate surface area is 211 Å². The molecule has 186 valence electrons. The Hall–Kier alpha value is -3.84. The molecule has 5 rings (SSSR count). The zero-order valence-corrected chi connectivity index (χ0v) is 20.8. The van der Waals surface area contributed by atoms with E-state index in [-0.39, 0.29) is 18.6 Å². The summed E-state index contributed by atoms with van der Waals surface area (Å²) in [6.45, 7) is 3.23. The fourth-order valence-electron chi connectivity index (χ4n) is 4.53. The number of hydrogen-bond acceptors (Lipinski definition) is 5. The molecule has 3 aromatic carbocycles. The third kappa shape index (κ3) is 4.54. The third-order valence-electron chi connectivity index (χ3n) is 6.79. The molecule has 0 unspecified atom stereocenters. The molecule has 1 N–H and O–H groups in total. The van der Waals surface area contributed by atoms with Crippen molar-refractivity contribution in [3.05, 3.63) is 77.4 Å². The van der Waals surface area contributed by atoms with Gasteiger partial charge < -0.3 is 24.4 Å². The molecule has 0 bridgehead atoms. The summed E-state index contributed by atoms with van der Waals surface area (Å²) in [5.74, 6) is 1.32. The second-order valence-corrected chi connectivity index (χ2v) is 9.39. The van der Waals surface area contributed by atoms with Gasteiger partial charge in [0.25, 0.3) is 5.91 Å². The highest BCUT2D eigenvalue weighted by Gasteiger charge is 2.51. The Kier molecular flexibility index (Phi) is 6.41. The van der Waals surface area contributed by atoms with Crippen LogP contribution in [-0.4, -0.2) is 44.2 Å². The first-order chi connectivity index (χ1) is 17.4. The average molecular weight is 487 g/mol. The van der Waals surface area contributed by atoms with Gasteiger partial charge in [0.15, 0.2) is 11.5 Å². The zero-order chi connectivity index (χ0) is 25.3. The molecule has 0 spiro atoms. The van der Waals surface area contributed by atoms with Crippen LogP contribution in [0.2, 0.25) is 0 Å². The highest BCUT2D eigenvalue weighted by molar-refractivity contribution is 6.02. The minimum absolute atomic E-state index is 0.0307. The molecule has 7 nitrogen and oxygen atoms in total. The van der Waals surface area contributed by atoms with Crippen molar-refractivity contribution in [2.24, 2.45) is 0 Å². The van der Waals surface area contributed by atoms with Crippen LogP contribution in [-0.2, 0) is 21.6 Å². The van der Waals surface area contributed by atoms with Crippen LogP contribution in [0.25, 0.3) is 11.1 Å². The Morgan fingerprint density at radius 3 is 2.42 bits per heavy atom. The van der Waals surface area contributed by atoms with Crippen molar-refractivity contribution in [2.75, 3.05) is 32.8 Å². The second kappa shape index (κ2) is 9.66. The molecule has 1 saturated carbocycles. The van der Waals surface area contributed by atoms with Gasteiger partial charge in [0.05, 0.1) is 12.0 Å². The summed E-state index contributed by atoms with van der Waals surface area (Å²) in [6.07, 6.45) is 1.57. The van der Waals surface area contributed by atoms with E-state index in [4.69, 9.17) is 14.2 Å². The molecule has 7 heteroatoms. The highest BCUT2D eigenvalue weighted by Crippen LogP contribution is 2.51. The van der Waals surface area contributed by atoms with Crippen molar-refractivity contribution >= 4 is 17.5 Å². The van der Waals surface area contributed by atoms with Gasteiger partial charge in [-0.3, -0.25) is 9.59 Å². The fourth-order valence-corrected chi connectivity index (χ4v) is 4.53. The number of nitrogens with one attached hydrogen (secondary N) is 1. The maximum atomic E-state index is 13.4. The van der Waals surface area contributed by atoms with E-state index < -0.39 is 5.41 Å². The quantitative estimate of drug-likeness (QED) is 0.485. The van der Waals surface area contributed by atoms with Crippen molar-refractivity contribution in [3.8, 4) is 22.6 Å². The number of nitrogens with zero attached hydrogens (tertiary/aromatic N) is 1. The van der Waals surface area contributed by atoms with E-state index in [2.05, 4.69) is 5.32 Å². The standard InChI is InChI=1S/C29H30N2O5/c1-4-34-17-21-9-11-23(16-24(21)19-5-7-20(8-6-19)27(32)31(2)3)30-28(33)29(13-14-29)22-10-12-25-26(15-22)36-18-35-25/h5-12,15-16H,4,13-14,17-18H2,1-3H3,(H,30,33). The van der Waals surface area contributed by atoms with Crippen molar-refractivity contribution in [1.29, 1.82) is 0 Å². The van der Waals surface area contributed by atoms with Gasteiger partial charge >= 0.3 is 0 Å². The third-order valence-corrected chi connectivity index (χ3v) is 6.79. The number of fused-ring (bicyclic) bond motifs is 1. The molecule has 1 aliphatic carbocycles. The molecule has 0 radical (unpaired) electrons. The molecule has 1 aliphatic heterocycles. The first kappa shape index (κ1) is 23.9. The maximum absolute atomic E-state index is 13.4. The van der Waals surface area contributed by atoms with Gasteiger partial charge in [0.2, 0.25) is 12.7 Å². The van der Waals surface area contributed by atoms with Crippen molar-refractivity contribution < 1.29 is 23.8 Å². The SMILES string of the molecule is CCOCc1ccc(NC(=O)C2(c3ccc4c(c3)OCO4)CC2)cc1-c1ccc(C(=O)N(C)C)cc1. The summed E-state index contributed by atoms with van der Waals surface area (Å²) in [5.41, 5.74) is 4.65. The van der Waals surface area contributed by atoms with Crippen LogP contribution >= 0.6 is 0 Å². The van der Waals surface area contributed by atoms with Gasteiger partial charge in [-0.15, -0.1) is 0 Å². The smallest absolute Gasteiger partial charge is 0.253 e. The summed E-state index contributed by atoms with van der Waals surface area (Å²) in [5, 5.41) is 3.14. The van der Waals surface area contributed by atoms with Gasteiger partial charge in [-0.1, -0.05) is 24.3 Å². The van der Waals surface area contributed by atoms with Crippen LogP contribution < -0.4 is 14.8 Å². The predicted octanol–water partition coefficient (Wildman–Crippen LogP) is 4.99. The molecule has 0 saturated heterocycles. The van der Waals surface area contributed by atoms with Gasteiger partial charge in [0.1, 0.15) is 0 Å². The predicted molar refractivity (Wildman–Crippen MR) is 137 cm³/mol. The average Bonchev–Trinajstić information content (AvgIpc) is 3.58. The number of anilines is 1. The number of rotatable bonds is 8. The van der Waals surface area contributed by atoms with Gasteiger partial charge in [-0.05, 0) is 78.4 Å². The summed E-state index contributed by atoms with van der Waals surface area (Å²) < 4.78 is 16.6. The van der Waals surface area contributed by atoms with E-state index >= 15 is 0 Å². The van der Waals surface area contributed by atoms with Gasteiger partial charge in [0, 0.05) is 32.0 Å². The molecular formula is C29H30N2O5. The van der Waals surface area contributed by atoms with Crippen molar-refractivity contribution in [2.45, 2.75) is 31.8 Å². The lowest BCUT2D eigenvalue weighted by Gasteiger charge is -2.18. The van der Waals surface area contributed by atoms with Crippen LogP contribution in [0.1, 0.15) is 41.3 Å². The molecule has 2 aliphatic rings. The first-order valence-electron chi connectivity index (χ1n) is 12.2. The van der Waals surface area contributed by atoms with E-state index in [9.17, 15) is 9.59 Å². The Morgan fingerprint density at radius 2 is 1.72 bits per heavy atom. The van der Waals surface area contributed by atoms with Crippen LogP contribution in [0.15, 0.2) is 60.7 Å². The molecule has 0 aromatic heterocycles. The molecule has 1 heterocycles. The topological polar surface area (TPSA) is 77.1 Å². The summed E-state index contributed by atoms with van der Waals surface area (Å²) in [7, 11) is 3.47. The normalized spacial score (nSPS) is 14.9. The van der Waals surface area contributed by atoms with Gasteiger partial charge in [-0.25, -0.2) is 0 Å². The summed E-state index contributed by atoms with van der Waals surface area (Å²) in [4.78, 5) is 27.3. The molecule has 2 amide bonds. The van der Waals surface area contributed by atoms with Crippen LogP contribution in [0.5, 0.6) is 11.5 Å². The number of benzene rings is 3. The molecule has 36 heavy (non-hydrogen) atoms. The molecular weight excluding hydrogens is 456 g/mol. The molecule has 0 atom stereocenters. The second-order valence-electron chi connectivity index (χ2n) is 9.39. The molecule has 3 aromatic rings. The lowest BCUT2D eigenvalue weighted by molar-refractivity contribution is -0.118. The monoisotopic (exact) mass is 486 g/mol. The van der Waals surface area contributed by atoms with Crippen LogP contribution in [0.3, 0.4) is 0 Å².